The number of phenols is 1. The molecule has 0 heterocycles. The fraction of sp³-hybridized carbons (Fsp3) is 0.364. The molecule has 0 radical (unpaired) electrons. The lowest BCUT2D eigenvalue weighted by Crippen LogP contribution is -2.23. The zero-order chi connectivity index (χ0) is 12.1. The summed E-state index contributed by atoms with van der Waals surface area (Å²) in [6.07, 6.45) is -0.881. The van der Waals surface area contributed by atoms with Gasteiger partial charge in [0.2, 0.25) is 0 Å². The molecule has 1 atom stereocenters. The Bertz CT molecular complexity index is 378. The molecule has 1 aromatic rings. The third kappa shape index (κ3) is 3.22. The molecule has 4 N–H and O–H groups in total. The van der Waals surface area contributed by atoms with Gasteiger partial charge in [0.1, 0.15) is 5.75 Å². The number of aromatic hydroxyl groups is 1. The minimum Gasteiger partial charge on any atom is -0.508 e. The van der Waals surface area contributed by atoms with Crippen molar-refractivity contribution < 1.29 is 20.1 Å². The molecule has 0 saturated heterocycles. The van der Waals surface area contributed by atoms with Crippen LogP contribution in [0.25, 0.3) is 0 Å². The number of anilines is 1. The van der Waals surface area contributed by atoms with Crippen LogP contribution in [-0.4, -0.2) is 40.4 Å². The van der Waals surface area contributed by atoms with Crippen LogP contribution < -0.4 is 5.32 Å². The van der Waals surface area contributed by atoms with E-state index >= 15 is 0 Å². The number of Topliss-reactive ketones (excluding diaryl/α,β-unsaturated/α-hetero) is 1. The van der Waals surface area contributed by atoms with E-state index in [9.17, 15) is 9.90 Å². The summed E-state index contributed by atoms with van der Waals surface area (Å²) in [5.74, 6) is -0.171. The van der Waals surface area contributed by atoms with Crippen LogP contribution in [0.2, 0.25) is 0 Å². The van der Waals surface area contributed by atoms with E-state index in [4.69, 9.17) is 10.2 Å². The number of aliphatic hydroxyl groups excluding tert-OH is 2. The van der Waals surface area contributed by atoms with Gasteiger partial charge in [0.25, 0.3) is 0 Å². The standard InChI is InChI=1S/C11H15NO4/c1-7(14)10-4-8(15)2-3-11(10)12-5-9(16)6-13/h2-4,9,12-13,15-16H,5-6H2,1H3. The molecule has 0 aromatic heterocycles. The van der Waals surface area contributed by atoms with Crippen LogP contribution in [-0.2, 0) is 0 Å². The van der Waals surface area contributed by atoms with Gasteiger partial charge < -0.3 is 20.6 Å². The van der Waals surface area contributed by atoms with Crippen molar-refractivity contribution in [2.45, 2.75) is 13.0 Å². The van der Waals surface area contributed by atoms with Crippen molar-refractivity contribution in [1.29, 1.82) is 0 Å². The summed E-state index contributed by atoms with van der Waals surface area (Å²) in [5.41, 5.74) is 0.878. The summed E-state index contributed by atoms with van der Waals surface area (Å²) >= 11 is 0. The first-order valence-electron chi connectivity index (χ1n) is 4.91. The Hall–Kier alpha value is -1.59. The van der Waals surface area contributed by atoms with Crippen LogP contribution in [0.15, 0.2) is 18.2 Å². The van der Waals surface area contributed by atoms with Crippen molar-refractivity contribution >= 4 is 11.5 Å². The summed E-state index contributed by atoms with van der Waals surface area (Å²) in [4.78, 5) is 11.3. The Morgan fingerprint density at radius 1 is 1.50 bits per heavy atom. The number of carbonyl (C=O) groups is 1. The lowest BCUT2D eigenvalue weighted by molar-refractivity contribution is 0.101. The number of aliphatic hydroxyl groups is 2. The van der Waals surface area contributed by atoms with E-state index in [-0.39, 0.29) is 24.7 Å². The van der Waals surface area contributed by atoms with Gasteiger partial charge in [0, 0.05) is 17.8 Å². The summed E-state index contributed by atoms with van der Waals surface area (Å²) in [6.45, 7) is 1.18. The average molecular weight is 225 g/mol. The minimum absolute atomic E-state index is 0.0125. The Kier molecular flexibility index (Phi) is 4.28. The summed E-state index contributed by atoms with van der Waals surface area (Å²) in [7, 11) is 0. The Balaban J connectivity index is 2.82. The van der Waals surface area contributed by atoms with Crippen LogP contribution in [0.4, 0.5) is 5.69 Å². The molecule has 0 amide bonds. The Morgan fingerprint density at radius 2 is 2.19 bits per heavy atom. The van der Waals surface area contributed by atoms with Gasteiger partial charge in [-0.3, -0.25) is 4.79 Å². The molecule has 0 spiro atoms. The maximum atomic E-state index is 11.3. The summed E-state index contributed by atoms with van der Waals surface area (Å²) < 4.78 is 0. The predicted molar refractivity (Wildman–Crippen MR) is 59.7 cm³/mol. The SMILES string of the molecule is CC(=O)c1cc(O)ccc1NCC(O)CO. The topological polar surface area (TPSA) is 89.8 Å². The highest BCUT2D eigenvalue weighted by Crippen LogP contribution is 2.21. The molecule has 1 unspecified atom stereocenters. The van der Waals surface area contributed by atoms with E-state index in [2.05, 4.69) is 5.32 Å². The zero-order valence-electron chi connectivity index (χ0n) is 8.97. The van der Waals surface area contributed by atoms with Crippen molar-refractivity contribution in [2.24, 2.45) is 0 Å². The molecule has 0 bridgehead atoms. The van der Waals surface area contributed by atoms with Gasteiger partial charge in [0.15, 0.2) is 5.78 Å². The van der Waals surface area contributed by atoms with Crippen molar-refractivity contribution in [3.8, 4) is 5.75 Å². The summed E-state index contributed by atoms with van der Waals surface area (Å²) in [5, 5.41) is 29.9. The molecule has 1 rings (SSSR count). The van der Waals surface area contributed by atoms with E-state index in [1.165, 1.54) is 19.1 Å². The fourth-order valence-corrected chi connectivity index (χ4v) is 1.27. The monoisotopic (exact) mass is 225 g/mol. The number of nitrogens with one attached hydrogen (secondary N) is 1. The van der Waals surface area contributed by atoms with Crippen LogP contribution in [0.5, 0.6) is 5.75 Å². The molecule has 0 aliphatic carbocycles. The largest absolute Gasteiger partial charge is 0.508 e. The molecule has 0 aliphatic heterocycles. The van der Waals surface area contributed by atoms with Gasteiger partial charge in [-0.2, -0.15) is 0 Å². The number of benzene rings is 1. The van der Waals surface area contributed by atoms with E-state index in [1.54, 1.807) is 6.07 Å². The van der Waals surface area contributed by atoms with Gasteiger partial charge in [0.05, 0.1) is 12.7 Å². The molecule has 5 heteroatoms. The number of phenolic OH excluding ortho intramolecular Hbond substituents is 1. The normalized spacial score (nSPS) is 12.2. The van der Waals surface area contributed by atoms with Gasteiger partial charge in [-0.25, -0.2) is 0 Å². The molecular weight excluding hydrogens is 210 g/mol. The van der Waals surface area contributed by atoms with E-state index in [0.29, 0.717) is 11.3 Å². The molecule has 5 nitrogen and oxygen atoms in total. The lowest BCUT2D eigenvalue weighted by atomic mass is 10.1. The van der Waals surface area contributed by atoms with Crippen LogP contribution in [0.3, 0.4) is 0 Å². The van der Waals surface area contributed by atoms with Crippen LogP contribution in [0.1, 0.15) is 17.3 Å². The van der Waals surface area contributed by atoms with Crippen LogP contribution in [0, 0.1) is 0 Å². The molecule has 0 fully saturated rings. The second-order valence-electron chi connectivity index (χ2n) is 3.50. The Morgan fingerprint density at radius 3 is 2.75 bits per heavy atom. The van der Waals surface area contributed by atoms with Crippen molar-refractivity contribution in [2.75, 3.05) is 18.5 Å². The van der Waals surface area contributed by atoms with Gasteiger partial charge in [-0.1, -0.05) is 0 Å². The maximum Gasteiger partial charge on any atom is 0.162 e. The van der Waals surface area contributed by atoms with Crippen LogP contribution >= 0.6 is 0 Å². The van der Waals surface area contributed by atoms with E-state index < -0.39 is 6.10 Å². The highest BCUT2D eigenvalue weighted by atomic mass is 16.3. The number of rotatable bonds is 5. The molecule has 88 valence electrons. The van der Waals surface area contributed by atoms with Gasteiger partial charge in [-0.05, 0) is 25.1 Å². The van der Waals surface area contributed by atoms with Gasteiger partial charge >= 0.3 is 0 Å². The highest BCUT2D eigenvalue weighted by Gasteiger charge is 2.09. The summed E-state index contributed by atoms with van der Waals surface area (Å²) in [6, 6.07) is 4.35. The molecule has 0 aliphatic rings. The number of hydrogen-bond acceptors (Lipinski definition) is 5. The Labute approximate surface area is 93.4 Å². The van der Waals surface area contributed by atoms with Crippen molar-refractivity contribution in [3.05, 3.63) is 23.8 Å². The fourth-order valence-electron chi connectivity index (χ4n) is 1.27. The quantitative estimate of drug-likeness (QED) is 0.429. The highest BCUT2D eigenvalue weighted by molar-refractivity contribution is 5.99. The van der Waals surface area contributed by atoms with Gasteiger partial charge in [-0.15, -0.1) is 0 Å². The smallest absolute Gasteiger partial charge is 0.162 e. The first-order valence-corrected chi connectivity index (χ1v) is 4.91. The minimum atomic E-state index is -0.881. The van der Waals surface area contributed by atoms with E-state index in [1.807, 2.05) is 0 Å². The first kappa shape index (κ1) is 12.5. The third-order valence-corrected chi connectivity index (χ3v) is 2.12. The number of ketones is 1. The van der Waals surface area contributed by atoms with Crippen molar-refractivity contribution in [3.63, 3.8) is 0 Å². The second kappa shape index (κ2) is 5.48. The molecule has 16 heavy (non-hydrogen) atoms. The maximum absolute atomic E-state index is 11.3. The van der Waals surface area contributed by atoms with Crippen molar-refractivity contribution in [1.82, 2.24) is 0 Å². The number of carbonyl (C=O) groups excluding carboxylic acids is 1. The van der Waals surface area contributed by atoms with E-state index in [0.717, 1.165) is 0 Å². The first-order chi connectivity index (χ1) is 7.54. The zero-order valence-corrected chi connectivity index (χ0v) is 8.97. The lowest BCUT2D eigenvalue weighted by Gasteiger charge is -2.13. The number of hydrogen-bond donors (Lipinski definition) is 4. The molecule has 1 aromatic carbocycles. The predicted octanol–water partition coefficient (Wildman–Crippen LogP) is 0.360. The second-order valence-corrected chi connectivity index (χ2v) is 3.50. The average Bonchev–Trinajstić information content (AvgIpc) is 2.26. The third-order valence-electron chi connectivity index (χ3n) is 2.12. The molecule has 0 saturated carbocycles. The molecular formula is C11H15NO4.